The Morgan fingerprint density at radius 1 is 1.25 bits per heavy atom. The molecule has 0 radical (unpaired) electrons. The summed E-state index contributed by atoms with van der Waals surface area (Å²) in [4.78, 5) is 26.9. The van der Waals surface area contributed by atoms with Crippen LogP contribution in [0.4, 0.5) is 4.39 Å². The van der Waals surface area contributed by atoms with Crippen molar-refractivity contribution >= 4 is 11.8 Å². The van der Waals surface area contributed by atoms with Gasteiger partial charge in [0.15, 0.2) is 0 Å². The van der Waals surface area contributed by atoms with Gasteiger partial charge < -0.3 is 15.3 Å². The first-order chi connectivity index (χ1) is 13.3. The lowest BCUT2D eigenvalue weighted by Gasteiger charge is -2.38. The first kappa shape index (κ1) is 22.3. The number of halogens is 1. The van der Waals surface area contributed by atoms with Gasteiger partial charge in [-0.3, -0.25) is 9.59 Å². The predicted octanol–water partition coefficient (Wildman–Crippen LogP) is 3.23. The summed E-state index contributed by atoms with van der Waals surface area (Å²) in [6.45, 7) is 7.37. The third-order valence-corrected chi connectivity index (χ3v) is 5.58. The van der Waals surface area contributed by atoms with Gasteiger partial charge in [-0.2, -0.15) is 0 Å². The normalized spacial score (nSPS) is 20.9. The van der Waals surface area contributed by atoms with E-state index < -0.39 is 0 Å². The van der Waals surface area contributed by atoms with Crippen molar-refractivity contribution in [3.8, 4) is 0 Å². The van der Waals surface area contributed by atoms with Gasteiger partial charge in [-0.15, -0.1) is 0 Å². The molecule has 0 spiro atoms. The molecule has 5 nitrogen and oxygen atoms in total. The molecule has 1 heterocycles. The van der Waals surface area contributed by atoms with Crippen LogP contribution in [0.1, 0.15) is 56.8 Å². The molecule has 1 aromatic carbocycles. The number of benzene rings is 1. The molecule has 2 amide bonds. The van der Waals surface area contributed by atoms with E-state index in [1.165, 1.54) is 24.3 Å². The summed E-state index contributed by atoms with van der Waals surface area (Å²) in [5, 5.41) is 12.4. The van der Waals surface area contributed by atoms with Crippen LogP contribution in [0, 0.1) is 23.6 Å². The van der Waals surface area contributed by atoms with E-state index in [0.29, 0.717) is 31.0 Å². The van der Waals surface area contributed by atoms with E-state index in [-0.39, 0.29) is 42.1 Å². The number of piperidine rings is 1. The van der Waals surface area contributed by atoms with Crippen LogP contribution in [0.25, 0.3) is 0 Å². The van der Waals surface area contributed by atoms with Crippen LogP contribution in [0.3, 0.4) is 0 Å². The number of hydrogen-bond acceptors (Lipinski definition) is 3. The maximum Gasteiger partial charge on any atom is 0.253 e. The van der Waals surface area contributed by atoms with Crippen molar-refractivity contribution in [2.75, 3.05) is 19.7 Å². The summed E-state index contributed by atoms with van der Waals surface area (Å²) in [5.41, 5.74) is 0.493. The summed E-state index contributed by atoms with van der Waals surface area (Å²) >= 11 is 0. The molecule has 0 aromatic heterocycles. The number of rotatable bonds is 8. The van der Waals surface area contributed by atoms with Gasteiger partial charge in [0.25, 0.3) is 5.91 Å². The van der Waals surface area contributed by atoms with E-state index in [2.05, 4.69) is 26.1 Å². The topological polar surface area (TPSA) is 69.6 Å². The minimum absolute atomic E-state index is 0.0264. The van der Waals surface area contributed by atoms with E-state index in [1.807, 2.05) is 4.90 Å². The van der Waals surface area contributed by atoms with Gasteiger partial charge in [-0.05, 0) is 54.9 Å². The molecule has 6 heteroatoms. The average molecular weight is 393 g/mol. The van der Waals surface area contributed by atoms with Crippen molar-refractivity contribution < 1.29 is 19.1 Å². The molecule has 1 aromatic rings. The molecule has 0 bridgehead atoms. The number of nitrogens with one attached hydrogen (secondary N) is 1. The molecule has 2 N–H and O–H groups in total. The summed E-state index contributed by atoms with van der Waals surface area (Å²) in [7, 11) is 0. The summed E-state index contributed by atoms with van der Waals surface area (Å²) in [5.74, 6) is 0.412. The highest BCUT2D eigenvalue weighted by atomic mass is 19.1. The Morgan fingerprint density at radius 3 is 2.50 bits per heavy atom. The molecule has 3 atom stereocenters. The Kier molecular flexibility index (Phi) is 8.42. The van der Waals surface area contributed by atoms with Gasteiger partial charge in [-0.25, -0.2) is 4.39 Å². The number of amides is 2. The molecule has 1 fully saturated rings. The maximum absolute atomic E-state index is 13.1. The van der Waals surface area contributed by atoms with Gasteiger partial charge in [0.1, 0.15) is 5.82 Å². The summed E-state index contributed by atoms with van der Waals surface area (Å²) < 4.78 is 13.1. The van der Waals surface area contributed by atoms with Gasteiger partial charge in [0.2, 0.25) is 5.91 Å². The fourth-order valence-electron chi connectivity index (χ4n) is 4.04. The number of aliphatic hydroxyl groups is 1. The van der Waals surface area contributed by atoms with Crippen molar-refractivity contribution in [2.45, 2.75) is 52.5 Å². The largest absolute Gasteiger partial charge is 0.394 e. The highest BCUT2D eigenvalue weighted by Gasteiger charge is 2.32. The van der Waals surface area contributed by atoms with Crippen LogP contribution in [-0.2, 0) is 4.79 Å². The minimum atomic E-state index is -0.355. The van der Waals surface area contributed by atoms with Crippen LogP contribution >= 0.6 is 0 Å². The highest BCUT2D eigenvalue weighted by Crippen LogP contribution is 2.30. The van der Waals surface area contributed by atoms with Crippen molar-refractivity contribution in [1.29, 1.82) is 0 Å². The third kappa shape index (κ3) is 6.30. The van der Waals surface area contributed by atoms with Crippen molar-refractivity contribution in [3.63, 3.8) is 0 Å². The lowest BCUT2D eigenvalue weighted by Crippen LogP contribution is -2.46. The molecule has 1 aliphatic heterocycles. The summed E-state index contributed by atoms with van der Waals surface area (Å²) in [6, 6.07) is 5.43. The van der Waals surface area contributed by atoms with Gasteiger partial charge in [-0.1, -0.05) is 27.2 Å². The summed E-state index contributed by atoms with van der Waals surface area (Å²) in [6.07, 6.45) is 2.84. The monoisotopic (exact) mass is 392 g/mol. The molecular weight excluding hydrogens is 359 g/mol. The Hall–Kier alpha value is -1.95. The number of nitrogens with zero attached hydrogens (tertiary/aromatic N) is 1. The molecule has 3 unspecified atom stereocenters. The van der Waals surface area contributed by atoms with Crippen LogP contribution in [0.5, 0.6) is 0 Å². The van der Waals surface area contributed by atoms with Crippen molar-refractivity contribution in [1.82, 2.24) is 10.2 Å². The lowest BCUT2D eigenvalue weighted by atomic mass is 9.81. The van der Waals surface area contributed by atoms with Crippen LogP contribution in [-0.4, -0.2) is 47.6 Å². The average Bonchev–Trinajstić information content (AvgIpc) is 2.67. The molecule has 28 heavy (non-hydrogen) atoms. The number of carbonyl (C=O) groups is 2. The molecule has 2 rings (SSSR count). The second kappa shape index (κ2) is 10.6. The Morgan fingerprint density at radius 2 is 1.93 bits per heavy atom. The number of aliphatic hydroxyl groups excluding tert-OH is 1. The van der Waals surface area contributed by atoms with E-state index in [1.54, 1.807) is 0 Å². The fraction of sp³-hybridized carbons (Fsp3) is 0.636. The highest BCUT2D eigenvalue weighted by molar-refractivity contribution is 5.94. The Labute approximate surface area is 167 Å². The molecule has 0 aliphatic carbocycles. The zero-order valence-corrected chi connectivity index (χ0v) is 17.2. The standard InChI is InChI=1S/C22H33FN2O3/c1-4-16-13-25(22(28)17-5-7-19(23)8-6-17)10-9-18(16)12-21(27)24-20(14-26)11-15(2)3/h5-8,15-16,18,20,26H,4,9-14H2,1-3H3,(H,24,27). The lowest BCUT2D eigenvalue weighted by molar-refractivity contribution is -0.124. The van der Waals surface area contributed by atoms with Crippen LogP contribution < -0.4 is 5.32 Å². The van der Waals surface area contributed by atoms with Crippen molar-refractivity contribution in [3.05, 3.63) is 35.6 Å². The quantitative estimate of drug-likeness (QED) is 0.714. The smallest absolute Gasteiger partial charge is 0.253 e. The minimum Gasteiger partial charge on any atom is -0.394 e. The molecule has 1 aliphatic rings. The first-order valence-electron chi connectivity index (χ1n) is 10.3. The second-order valence-corrected chi connectivity index (χ2v) is 8.26. The molecule has 0 saturated carbocycles. The number of carbonyl (C=O) groups excluding carboxylic acids is 2. The molecule has 156 valence electrons. The fourth-order valence-corrected chi connectivity index (χ4v) is 4.04. The first-order valence-corrected chi connectivity index (χ1v) is 10.3. The number of hydrogen-bond donors (Lipinski definition) is 2. The third-order valence-electron chi connectivity index (χ3n) is 5.58. The maximum atomic E-state index is 13.1. The zero-order valence-electron chi connectivity index (χ0n) is 17.2. The van der Waals surface area contributed by atoms with E-state index in [4.69, 9.17) is 0 Å². The van der Waals surface area contributed by atoms with Gasteiger partial charge >= 0.3 is 0 Å². The van der Waals surface area contributed by atoms with Crippen LogP contribution in [0.2, 0.25) is 0 Å². The SMILES string of the molecule is CCC1CN(C(=O)c2ccc(F)cc2)CCC1CC(=O)NC(CO)CC(C)C. The van der Waals surface area contributed by atoms with E-state index in [0.717, 1.165) is 19.3 Å². The van der Waals surface area contributed by atoms with E-state index >= 15 is 0 Å². The van der Waals surface area contributed by atoms with Crippen molar-refractivity contribution in [2.24, 2.45) is 17.8 Å². The molecular formula is C22H33FN2O3. The van der Waals surface area contributed by atoms with E-state index in [9.17, 15) is 19.1 Å². The Bertz CT molecular complexity index is 648. The van der Waals surface area contributed by atoms with Crippen LogP contribution in [0.15, 0.2) is 24.3 Å². The zero-order chi connectivity index (χ0) is 20.7. The Balaban J connectivity index is 1.92. The second-order valence-electron chi connectivity index (χ2n) is 8.26. The predicted molar refractivity (Wildman–Crippen MR) is 107 cm³/mol. The van der Waals surface area contributed by atoms with Gasteiger partial charge in [0, 0.05) is 25.1 Å². The number of likely N-dealkylation sites (tertiary alicyclic amines) is 1. The molecule has 1 saturated heterocycles. The van der Waals surface area contributed by atoms with Gasteiger partial charge in [0.05, 0.1) is 12.6 Å².